The number of aromatic nitrogens is 1. The third kappa shape index (κ3) is 4.01. The Morgan fingerprint density at radius 1 is 1.45 bits per heavy atom. The van der Waals surface area contributed by atoms with Crippen molar-refractivity contribution in [1.29, 1.82) is 0 Å². The zero-order valence-corrected chi connectivity index (χ0v) is 13.2. The van der Waals surface area contributed by atoms with E-state index in [-0.39, 0.29) is 0 Å². The van der Waals surface area contributed by atoms with Crippen molar-refractivity contribution in [1.82, 2.24) is 14.6 Å². The summed E-state index contributed by atoms with van der Waals surface area (Å²) < 4.78 is 26.2. The lowest BCUT2D eigenvalue weighted by Gasteiger charge is -2.22. The average molecular weight is 297 g/mol. The van der Waals surface area contributed by atoms with Crippen LogP contribution in [0.5, 0.6) is 0 Å². The van der Waals surface area contributed by atoms with Crippen LogP contribution in [0.25, 0.3) is 0 Å². The molecule has 0 spiro atoms. The predicted octanol–water partition coefficient (Wildman–Crippen LogP) is 1.29. The standard InChI is InChI=1S/C14H23N3O2S/c1-11-5-4-6-14(16-11)10-17(3)20(18,19)12(2)9-15-13-7-8-13/h4-6,12-13,15H,7-10H2,1-3H3. The summed E-state index contributed by atoms with van der Waals surface area (Å²) >= 11 is 0. The Kier molecular flexibility index (Phi) is 4.78. The van der Waals surface area contributed by atoms with Gasteiger partial charge in [-0.2, -0.15) is 4.31 Å². The van der Waals surface area contributed by atoms with Crippen molar-refractivity contribution in [3.63, 3.8) is 0 Å². The van der Waals surface area contributed by atoms with Crippen LogP contribution in [0.4, 0.5) is 0 Å². The Balaban J connectivity index is 1.96. The first-order valence-electron chi connectivity index (χ1n) is 7.00. The summed E-state index contributed by atoms with van der Waals surface area (Å²) in [5.41, 5.74) is 1.68. The van der Waals surface area contributed by atoms with Gasteiger partial charge in [0.2, 0.25) is 10.0 Å². The molecule has 0 saturated heterocycles. The maximum Gasteiger partial charge on any atom is 0.218 e. The zero-order chi connectivity index (χ0) is 14.8. The second-order valence-corrected chi connectivity index (χ2v) is 8.02. The minimum absolute atomic E-state index is 0.317. The molecule has 1 aromatic rings. The van der Waals surface area contributed by atoms with Crippen LogP contribution in [0.2, 0.25) is 0 Å². The van der Waals surface area contributed by atoms with Gasteiger partial charge >= 0.3 is 0 Å². The molecule has 1 heterocycles. The molecular formula is C14H23N3O2S. The van der Waals surface area contributed by atoms with Crippen LogP contribution >= 0.6 is 0 Å². The van der Waals surface area contributed by atoms with Crippen molar-refractivity contribution in [3.05, 3.63) is 29.6 Å². The largest absolute Gasteiger partial charge is 0.313 e. The third-order valence-corrected chi connectivity index (χ3v) is 5.73. The first-order chi connectivity index (χ1) is 9.39. The number of hydrogen-bond acceptors (Lipinski definition) is 4. The molecule has 1 saturated carbocycles. The Morgan fingerprint density at radius 2 is 2.15 bits per heavy atom. The van der Waals surface area contributed by atoms with Crippen molar-refractivity contribution in [2.45, 2.75) is 44.5 Å². The van der Waals surface area contributed by atoms with Gasteiger partial charge in [-0.25, -0.2) is 8.42 Å². The van der Waals surface area contributed by atoms with Crippen LogP contribution in [-0.4, -0.2) is 42.6 Å². The fourth-order valence-corrected chi connectivity index (χ4v) is 3.27. The lowest BCUT2D eigenvalue weighted by Crippen LogP contribution is -2.40. The number of pyridine rings is 1. The minimum atomic E-state index is -3.29. The minimum Gasteiger partial charge on any atom is -0.313 e. The van der Waals surface area contributed by atoms with Gasteiger partial charge in [0.15, 0.2) is 0 Å². The highest BCUT2D eigenvalue weighted by Crippen LogP contribution is 2.19. The van der Waals surface area contributed by atoms with Gasteiger partial charge in [0.25, 0.3) is 0 Å². The lowest BCUT2D eigenvalue weighted by molar-refractivity contribution is 0.449. The molecule has 0 radical (unpaired) electrons. The molecule has 0 amide bonds. The van der Waals surface area contributed by atoms with Gasteiger partial charge in [-0.1, -0.05) is 6.07 Å². The molecule has 5 nitrogen and oxygen atoms in total. The van der Waals surface area contributed by atoms with Gasteiger partial charge in [0, 0.05) is 25.3 Å². The quantitative estimate of drug-likeness (QED) is 0.824. The highest BCUT2D eigenvalue weighted by molar-refractivity contribution is 7.89. The van der Waals surface area contributed by atoms with E-state index >= 15 is 0 Å². The smallest absolute Gasteiger partial charge is 0.218 e. The fraction of sp³-hybridized carbons (Fsp3) is 0.643. The second-order valence-electron chi connectivity index (χ2n) is 5.56. The molecule has 1 fully saturated rings. The topological polar surface area (TPSA) is 62.3 Å². The molecule has 1 N–H and O–H groups in total. The first kappa shape index (κ1) is 15.4. The van der Waals surface area contributed by atoms with Gasteiger partial charge in [0.1, 0.15) is 0 Å². The Labute approximate surface area is 121 Å². The number of sulfonamides is 1. The molecule has 0 aromatic carbocycles. The van der Waals surface area contributed by atoms with Crippen molar-refractivity contribution in [2.75, 3.05) is 13.6 Å². The van der Waals surface area contributed by atoms with Crippen LogP contribution in [0, 0.1) is 6.92 Å². The summed E-state index contributed by atoms with van der Waals surface area (Å²) in [7, 11) is -1.67. The van der Waals surface area contributed by atoms with E-state index in [1.807, 2.05) is 25.1 Å². The van der Waals surface area contributed by atoms with E-state index in [2.05, 4.69) is 10.3 Å². The highest BCUT2D eigenvalue weighted by Gasteiger charge is 2.28. The third-order valence-electron chi connectivity index (χ3n) is 3.54. The lowest BCUT2D eigenvalue weighted by atomic mass is 10.3. The van der Waals surface area contributed by atoms with Gasteiger partial charge in [-0.3, -0.25) is 4.98 Å². The number of nitrogens with zero attached hydrogens (tertiary/aromatic N) is 2. The summed E-state index contributed by atoms with van der Waals surface area (Å²) in [4.78, 5) is 4.35. The van der Waals surface area contributed by atoms with Crippen molar-refractivity contribution < 1.29 is 8.42 Å². The Morgan fingerprint density at radius 3 is 2.75 bits per heavy atom. The van der Waals surface area contributed by atoms with Gasteiger partial charge in [0.05, 0.1) is 17.5 Å². The van der Waals surface area contributed by atoms with Crippen LogP contribution < -0.4 is 5.32 Å². The van der Waals surface area contributed by atoms with Gasteiger partial charge in [-0.15, -0.1) is 0 Å². The Bertz CT molecular complexity index is 555. The van der Waals surface area contributed by atoms with Crippen LogP contribution in [0.1, 0.15) is 31.2 Å². The first-order valence-corrected chi connectivity index (χ1v) is 8.51. The van der Waals surface area contributed by atoms with Gasteiger partial charge < -0.3 is 5.32 Å². The summed E-state index contributed by atoms with van der Waals surface area (Å²) in [6.07, 6.45) is 2.33. The number of hydrogen-bond donors (Lipinski definition) is 1. The second kappa shape index (κ2) is 6.20. The summed E-state index contributed by atoms with van der Waals surface area (Å²) in [6, 6.07) is 6.18. The van der Waals surface area contributed by atoms with E-state index in [1.165, 1.54) is 4.31 Å². The molecule has 0 bridgehead atoms. The van der Waals surface area contributed by atoms with Crippen LogP contribution in [0.15, 0.2) is 18.2 Å². The predicted molar refractivity (Wildman–Crippen MR) is 79.8 cm³/mol. The summed E-state index contributed by atoms with van der Waals surface area (Å²) in [5.74, 6) is 0. The highest BCUT2D eigenvalue weighted by atomic mass is 32.2. The molecular weight excluding hydrogens is 274 g/mol. The van der Waals surface area contributed by atoms with E-state index in [1.54, 1.807) is 14.0 Å². The van der Waals surface area contributed by atoms with E-state index in [4.69, 9.17) is 0 Å². The maximum absolute atomic E-state index is 12.4. The molecule has 1 aliphatic carbocycles. The summed E-state index contributed by atoms with van der Waals surface area (Å²) in [6.45, 7) is 4.49. The van der Waals surface area contributed by atoms with Crippen LogP contribution in [-0.2, 0) is 16.6 Å². The fourth-order valence-electron chi connectivity index (χ4n) is 2.04. The SMILES string of the molecule is Cc1cccc(CN(C)S(=O)(=O)C(C)CNC2CC2)n1. The zero-order valence-electron chi connectivity index (χ0n) is 12.3. The van der Waals surface area contributed by atoms with E-state index in [9.17, 15) is 8.42 Å². The molecule has 1 atom stereocenters. The molecule has 2 rings (SSSR count). The van der Waals surface area contributed by atoms with Crippen LogP contribution in [0.3, 0.4) is 0 Å². The molecule has 112 valence electrons. The number of rotatable bonds is 7. The maximum atomic E-state index is 12.4. The number of nitrogens with one attached hydrogen (secondary N) is 1. The van der Waals surface area contributed by atoms with Gasteiger partial charge in [-0.05, 0) is 38.8 Å². The normalized spacial score (nSPS) is 17.4. The molecule has 6 heteroatoms. The van der Waals surface area contributed by atoms with E-state index < -0.39 is 15.3 Å². The van der Waals surface area contributed by atoms with E-state index in [0.29, 0.717) is 19.1 Å². The summed E-state index contributed by atoms with van der Waals surface area (Å²) in [5, 5.41) is 2.85. The van der Waals surface area contributed by atoms with Crippen molar-refractivity contribution in [2.24, 2.45) is 0 Å². The molecule has 20 heavy (non-hydrogen) atoms. The molecule has 0 aliphatic heterocycles. The molecule has 1 aromatic heterocycles. The van der Waals surface area contributed by atoms with Crippen molar-refractivity contribution in [3.8, 4) is 0 Å². The monoisotopic (exact) mass is 297 g/mol. The molecule has 1 unspecified atom stereocenters. The van der Waals surface area contributed by atoms with E-state index in [0.717, 1.165) is 24.2 Å². The van der Waals surface area contributed by atoms with Crippen molar-refractivity contribution >= 4 is 10.0 Å². The Hall–Kier alpha value is -0.980. The molecule has 1 aliphatic rings. The number of aryl methyl sites for hydroxylation is 1. The average Bonchev–Trinajstić information content (AvgIpc) is 3.19.